The fourth-order valence-corrected chi connectivity index (χ4v) is 5.36. The number of ether oxygens (including phenoxy) is 1. The minimum absolute atomic E-state index is 0.0129. The van der Waals surface area contributed by atoms with Crippen LogP contribution in [0.4, 0.5) is 0 Å². The summed E-state index contributed by atoms with van der Waals surface area (Å²) in [6.45, 7) is 5.82. The van der Waals surface area contributed by atoms with Crippen LogP contribution in [0.15, 0.2) is 34.9 Å². The Morgan fingerprint density at radius 1 is 0.964 bits per heavy atom. The molecule has 1 aliphatic carbocycles. The van der Waals surface area contributed by atoms with E-state index >= 15 is 0 Å². The molecule has 2 aliphatic rings. The fourth-order valence-electron chi connectivity index (χ4n) is 3.66. The van der Waals surface area contributed by atoms with Crippen LogP contribution < -0.4 is 0 Å². The van der Waals surface area contributed by atoms with E-state index in [4.69, 9.17) is 4.74 Å². The van der Waals surface area contributed by atoms with Gasteiger partial charge in [-0.05, 0) is 12.8 Å². The largest absolute Gasteiger partial charge is 0.379 e. The van der Waals surface area contributed by atoms with Crippen LogP contribution in [0.3, 0.4) is 0 Å². The summed E-state index contributed by atoms with van der Waals surface area (Å²) in [5, 5.41) is 0. The predicted molar refractivity (Wildman–Crippen MR) is 106 cm³/mol. The van der Waals surface area contributed by atoms with E-state index in [1.54, 1.807) is 23.1 Å². The second kappa shape index (κ2) is 8.55. The summed E-state index contributed by atoms with van der Waals surface area (Å²) in [6.07, 6.45) is 1.47. The number of Topliss-reactive ketones (excluding diaryl/α,β-unsaturated/α-hetero) is 2. The van der Waals surface area contributed by atoms with Crippen molar-refractivity contribution in [3.05, 3.63) is 46.0 Å². The molecule has 28 heavy (non-hydrogen) atoms. The molecule has 0 bridgehead atoms. The van der Waals surface area contributed by atoms with Gasteiger partial charge in [-0.25, -0.2) is 8.42 Å². The summed E-state index contributed by atoms with van der Waals surface area (Å²) in [5.41, 5.74) is 0.426. The number of benzene rings is 1. The molecule has 7 nitrogen and oxygen atoms in total. The van der Waals surface area contributed by atoms with Crippen molar-refractivity contribution in [2.75, 3.05) is 39.4 Å². The minimum atomic E-state index is -4.12. The summed E-state index contributed by atoms with van der Waals surface area (Å²) < 4.78 is 33.4. The Kier molecular flexibility index (Phi) is 6.32. The zero-order valence-corrected chi connectivity index (χ0v) is 17.1. The summed E-state index contributed by atoms with van der Waals surface area (Å²) >= 11 is 0. The normalized spacial score (nSPS) is 18.4. The summed E-state index contributed by atoms with van der Waals surface area (Å²) in [7, 11) is -4.12. The van der Waals surface area contributed by atoms with Gasteiger partial charge in [0.25, 0.3) is 0 Å². The van der Waals surface area contributed by atoms with Gasteiger partial charge in [0.2, 0.25) is 21.6 Å². The van der Waals surface area contributed by atoms with E-state index in [9.17, 15) is 18.0 Å². The number of hydrogen-bond acceptors (Lipinski definition) is 6. The Balaban J connectivity index is 2.22. The quantitative estimate of drug-likeness (QED) is 0.689. The maximum atomic E-state index is 13.4. The molecule has 1 aromatic rings. The van der Waals surface area contributed by atoms with Gasteiger partial charge in [0, 0.05) is 37.3 Å². The number of ketones is 2. The van der Waals surface area contributed by atoms with Crippen molar-refractivity contribution in [2.45, 2.75) is 26.7 Å². The number of fused-ring (bicyclic) bond motifs is 1. The Labute approximate surface area is 166 Å². The van der Waals surface area contributed by atoms with Crippen molar-refractivity contribution in [3.63, 3.8) is 0 Å². The lowest BCUT2D eigenvalue weighted by Crippen LogP contribution is -2.45. The van der Waals surface area contributed by atoms with Crippen LogP contribution in [-0.4, -0.2) is 68.6 Å². The molecule has 152 valence electrons. The van der Waals surface area contributed by atoms with Crippen molar-refractivity contribution in [1.82, 2.24) is 9.21 Å². The number of morpholine rings is 1. The van der Waals surface area contributed by atoms with Gasteiger partial charge in [0.05, 0.1) is 13.2 Å². The maximum Gasteiger partial charge on any atom is 0.249 e. The van der Waals surface area contributed by atoms with Gasteiger partial charge < -0.3 is 9.64 Å². The first-order valence-electron chi connectivity index (χ1n) is 9.69. The molecule has 0 atom stereocenters. The first kappa shape index (κ1) is 20.7. The number of carbonyl (C=O) groups excluding carboxylic acids is 2. The highest BCUT2D eigenvalue weighted by atomic mass is 32.2. The summed E-state index contributed by atoms with van der Waals surface area (Å²) in [5.74, 6) is -1.00. The fraction of sp³-hybridized carbons (Fsp3) is 0.500. The molecule has 0 radical (unpaired) electrons. The molecule has 0 N–H and O–H groups in total. The van der Waals surface area contributed by atoms with Crippen molar-refractivity contribution in [3.8, 4) is 0 Å². The Hall–Kier alpha value is -2.03. The third-order valence-electron chi connectivity index (χ3n) is 4.92. The smallest absolute Gasteiger partial charge is 0.249 e. The third kappa shape index (κ3) is 3.64. The third-order valence-corrected chi connectivity index (χ3v) is 6.86. The van der Waals surface area contributed by atoms with E-state index in [0.29, 0.717) is 13.1 Å². The van der Waals surface area contributed by atoms with E-state index in [-0.39, 0.29) is 48.0 Å². The molecule has 0 unspecified atom stereocenters. The number of sulfonamides is 1. The first-order valence-corrected chi connectivity index (χ1v) is 11.1. The van der Waals surface area contributed by atoms with Crippen LogP contribution in [-0.2, 0) is 14.8 Å². The highest BCUT2D eigenvalue weighted by molar-refractivity contribution is 7.94. The SMILES string of the molecule is CCCN(CCC)C1=C(S(=O)(=O)N2CCOCC2)C(=O)c2ccccc2C1=O. The molecule has 0 amide bonds. The van der Waals surface area contributed by atoms with Gasteiger partial charge in [0.1, 0.15) is 5.70 Å². The van der Waals surface area contributed by atoms with Crippen LogP contribution in [0.5, 0.6) is 0 Å². The maximum absolute atomic E-state index is 13.4. The lowest BCUT2D eigenvalue weighted by molar-refractivity contribution is 0.0730. The highest BCUT2D eigenvalue weighted by Gasteiger charge is 2.43. The molecular formula is C20H26N2O5S. The van der Waals surface area contributed by atoms with Crippen LogP contribution in [0, 0.1) is 0 Å². The van der Waals surface area contributed by atoms with Crippen LogP contribution in [0.25, 0.3) is 0 Å². The van der Waals surface area contributed by atoms with Gasteiger partial charge in [-0.2, -0.15) is 4.31 Å². The van der Waals surface area contributed by atoms with Crippen LogP contribution in [0.2, 0.25) is 0 Å². The Morgan fingerprint density at radius 3 is 2.04 bits per heavy atom. The van der Waals surface area contributed by atoms with Gasteiger partial charge in [-0.1, -0.05) is 38.1 Å². The molecule has 1 saturated heterocycles. The van der Waals surface area contributed by atoms with Crippen molar-refractivity contribution >= 4 is 21.6 Å². The van der Waals surface area contributed by atoms with Crippen molar-refractivity contribution < 1.29 is 22.7 Å². The number of hydrogen-bond donors (Lipinski definition) is 0. The molecule has 1 aromatic carbocycles. The van der Waals surface area contributed by atoms with E-state index in [1.807, 2.05) is 13.8 Å². The Morgan fingerprint density at radius 2 is 1.50 bits per heavy atom. The predicted octanol–water partition coefficient (Wildman–Crippen LogP) is 2.06. The first-order chi connectivity index (χ1) is 13.4. The molecule has 1 aliphatic heterocycles. The van der Waals surface area contributed by atoms with Gasteiger partial charge >= 0.3 is 0 Å². The summed E-state index contributed by atoms with van der Waals surface area (Å²) in [6, 6.07) is 6.44. The molecule has 0 aromatic heterocycles. The van der Waals surface area contributed by atoms with Gasteiger partial charge in [0.15, 0.2) is 4.91 Å². The molecule has 1 heterocycles. The lowest BCUT2D eigenvalue weighted by atomic mass is 9.91. The minimum Gasteiger partial charge on any atom is -0.379 e. The standard InChI is InChI=1S/C20H26N2O5S/c1-3-9-21(10-4-2)17-18(23)15-7-5-6-8-16(15)19(24)20(17)28(25,26)22-11-13-27-14-12-22/h5-8H,3-4,9-14H2,1-2H3. The Bertz CT molecular complexity index is 895. The summed E-state index contributed by atoms with van der Waals surface area (Å²) in [4.78, 5) is 28.0. The second-order valence-electron chi connectivity index (χ2n) is 6.89. The number of nitrogens with zero attached hydrogens (tertiary/aromatic N) is 2. The number of allylic oxidation sites excluding steroid dienone is 2. The molecule has 0 spiro atoms. The molecule has 0 saturated carbocycles. The number of rotatable bonds is 7. The average molecular weight is 407 g/mol. The van der Waals surface area contributed by atoms with Gasteiger partial charge in [-0.3, -0.25) is 9.59 Å². The number of carbonyl (C=O) groups is 2. The van der Waals surface area contributed by atoms with Crippen molar-refractivity contribution in [1.29, 1.82) is 0 Å². The average Bonchev–Trinajstić information content (AvgIpc) is 2.71. The van der Waals surface area contributed by atoms with E-state index in [1.165, 1.54) is 10.4 Å². The van der Waals surface area contributed by atoms with E-state index in [0.717, 1.165) is 12.8 Å². The zero-order valence-electron chi connectivity index (χ0n) is 16.3. The van der Waals surface area contributed by atoms with Crippen LogP contribution >= 0.6 is 0 Å². The molecule has 1 fully saturated rings. The van der Waals surface area contributed by atoms with E-state index < -0.39 is 21.6 Å². The topological polar surface area (TPSA) is 84.0 Å². The highest BCUT2D eigenvalue weighted by Crippen LogP contribution is 2.33. The van der Waals surface area contributed by atoms with Crippen LogP contribution in [0.1, 0.15) is 47.4 Å². The zero-order chi connectivity index (χ0) is 20.3. The van der Waals surface area contributed by atoms with E-state index in [2.05, 4.69) is 0 Å². The second-order valence-corrected chi connectivity index (χ2v) is 8.76. The van der Waals surface area contributed by atoms with Gasteiger partial charge in [-0.15, -0.1) is 0 Å². The van der Waals surface area contributed by atoms with Crippen molar-refractivity contribution in [2.24, 2.45) is 0 Å². The molecule has 8 heteroatoms. The molecular weight excluding hydrogens is 380 g/mol. The lowest BCUT2D eigenvalue weighted by Gasteiger charge is -2.33. The monoisotopic (exact) mass is 406 g/mol. The molecule has 3 rings (SSSR count).